The predicted molar refractivity (Wildman–Crippen MR) is 106 cm³/mol. The highest BCUT2D eigenvalue weighted by atomic mass is 16.5. The summed E-state index contributed by atoms with van der Waals surface area (Å²) in [4.78, 5) is 29.3. The summed E-state index contributed by atoms with van der Waals surface area (Å²) in [6.45, 7) is 5.15. The highest BCUT2D eigenvalue weighted by Gasteiger charge is 2.42. The maximum atomic E-state index is 12.6. The fraction of sp³-hybridized carbons (Fsp3) is 0.909. The Morgan fingerprint density at radius 2 is 1.39 bits per heavy atom. The lowest BCUT2D eigenvalue weighted by Crippen LogP contribution is -2.51. The van der Waals surface area contributed by atoms with Crippen molar-refractivity contribution in [3.05, 3.63) is 0 Å². The maximum Gasteiger partial charge on any atom is 0.223 e. The SMILES string of the molecule is O=C(CC1CCCC1)N1CCC2(CC1)CC(CC(=O)N1CCOCC1)CCO2. The largest absolute Gasteiger partial charge is 0.378 e. The first-order valence-electron chi connectivity index (χ1n) is 11.4. The van der Waals surface area contributed by atoms with Crippen LogP contribution in [0.4, 0.5) is 0 Å². The zero-order valence-corrected chi connectivity index (χ0v) is 17.2. The van der Waals surface area contributed by atoms with E-state index in [0.29, 0.717) is 37.4 Å². The van der Waals surface area contributed by atoms with Gasteiger partial charge in [0.05, 0.1) is 18.8 Å². The van der Waals surface area contributed by atoms with Crippen LogP contribution in [0.3, 0.4) is 0 Å². The number of hydrogen-bond donors (Lipinski definition) is 0. The number of rotatable bonds is 4. The number of hydrogen-bond acceptors (Lipinski definition) is 4. The number of morpholine rings is 1. The monoisotopic (exact) mass is 392 g/mol. The molecule has 1 spiro atoms. The molecule has 0 N–H and O–H groups in total. The minimum Gasteiger partial charge on any atom is -0.378 e. The molecule has 4 rings (SSSR count). The Morgan fingerprint density at radius 1 is 0.786 bits per heavy atom. The Morgan fingerprint density at radius 3 is 2.07 bits per heavy atom. The molecule has 6 heteroatoms. The summed E-state index contributed by atoms with van der Waals surface area (Å²) in [7, 11) is 0. The first-order valence-corrected chi connectivity index (χ1v) is 11.4. The molecule has 2 amide bonds. The van der Waals surface area contributed by atoms with Gasteiger partial charge in [-0.1, -0.05) is 12.8 Å². The highest BCUT2D eigenvalue weighted by Crippen LogP contribution is 2.39. The van der Waals surface area contributed by atoms with Crippen molar-refractivity contribution in [2.45, 2.75) is 69.8 Å². The summed E-state index contributed by atoms with van der Waals surface area (Å²) < 4.78 is 11.6. The fourth-order valence-electron chi connectivity index (χ4n) is 5.59. The lowest BCUT2D eigenvalue weighted by Gasteiger charge is -2.46. The van der Waals surface area contributed by atoms with E-state index in [0.717, 1.165) is 64.9 Å². The Hall–Kier alpha value is -1.14. The van der Waals surface area contributed by atoms with Crippen LogP contribution >= 0.6 is 0 Å². The van der Waals surface area contributed by atoms with E-state index in [4.69, 9.17) is 9.47 Å². The molecule has 0 aromatic carbocycles. The number of amides is 2. The van der Waals surface area contributed by atoms with Crippen molar-refractivity contribution in [2.24, 2.45) is 11.8 Å². The third-order valence-corrected chi connectivity index (χ3v) is 7.39. The van der Waals surface area contributed by atoms with Crippen LogP contribution in [0.2, 0.25) is 0 Å². The number of carbonyl (C=O) groups excluding carboxylic acids is 2. The third kappa shape index (κ3) is 4.88. The lowest BCUT2D eigenvalue weighted by atomic mass is 9.78. The minimum absolute atomic E-state index is 0.113. The van der Waals surface area contributed by atoms with Gasteiger partial charge in [-0.3, -0.25) is 9.59 Å². The molecule has 158 valence electrons. The maximum absolute atomic E-state index is 12.6. The molecule has 0 bridgehead atoms. The molecule has 0 aromatic rings. The molecule has 4 aliphatic rings. The van der Waals surface area contributed by atoms with Crippen molar-refractivity contribution < 1.29 is 19.1 Å². The van der Waals surface area contributed by atoms with Crippen molar-refractivity contribution in [3.63, 3.8) is 0 Å². The summed E-state index contributed by atoms with van der Waals surface area (Å²) in [5.41, 5.74) is -0.113. The molecular formula is C22H36N2O4. The van der Waals surface area contributed by atoms with Gasteiger partial charge in [0, 0.05) is 45.6 Å². The van der Waals surface area contributed by atoms with E-state index in [2.05, 4.69) is 4.90 Å². The van der Waals surface area contributed by atoms with Gasteiger partial charge in [0.15, 0.2) is 0 Å². The molecule has 0 aromatic heterocycles. The van der Waals surface area contributed by atoms with Gasteiger partial charge in [-0.15, -0.1) is 0 Å². The van der Waals surface area contributed by atoms with Gasteiger partial charge in [0.1, 0.15) is 0 Å². The molecule has 3 heterocycles. The van der Waals surface area contributed by atoms with Crippen molar-refractivity contribution >= 4 is 11.8 Å². The molecule has 1 saturated carbocycles. The van der Waals surface area contributed by atoms with Gasteiger partial charge in [-0.2, -0.15) is 0 Å². The molecule has 1 aliphatic carbocycles. The second-order valence-corrected chi connectivity index (χ2v) is 9.32. The van der Waals surface area contributed by atoms with Gasteiger partial charge in [-0.25, -0.2) is 0 Å². The topological polar surface area (TPSA) is 59.1 Å². The number of nitrogens with zero attached hydrogens (tertiary/aromatic N) is 2. The molecular weight excluding hydrogens is 356 g/mol. The van der Waals surface area contributed by atoms with Gasteiger partial charge in [0.2, 0.25) is 11.8 Å². The molecule has 4 fully saturated rings. The van der Waals surface area contributed by atoms with E-state index >= 15 is 0 Å². The van der Waals surface area contributed by atoms with E-state index in [9.17, 15) is 9.59 Å². The van der Waals surface area contributed by atoms with Crippen molar-refractivity contribution in [1.82, 2.24) is 9.80 Å². The highest BCUT2D eigenvalue weighted by molar-refractivity contribution is 5.77. The van der Waals surface area contributed by atoms with E-state index in [-0.39, 0.29) is 11.5 Å². The number of carbonyl (C=O) groups is 2. The first-order chi connectivity index (χ1) is 13.6. The van der Waals surface area contributed by atoms with Gasteiger partial charge >= 0.3 is 0 Å². The number of likely N-dealkylation sites (tertiary alicyclic amines) is 1. The predicted octanol–water partition coefficient (Wildman–Crippen LogP) is 2.60. The van der Waals surface area contributed by atoms with Crippen LogP contribution in [-0.4, -0.2) is 73.2 Å². The molecule has 1 unspecified atom stereocenters. The van der Waals surface area contributed by atoms with Crippen LogP contribution in [-0.2, 0) is 19.1 Å². The molecule has 28 heavy (non-hydrogen) atoms. The third-order valence-electron chi connectivity index (χ3n) is 7.39. The average Bonchev–Trinajstić information content (AvgIpc) is 3.22. The van der Waals surface area contributed by atoms with Gasteiger partial charge in [-0.05, 0) is 50.4 Å². The quantitative estimate of drug-likeness (QED) is 0.738. The van der Waals surface area contributed by atoms with Crippen molar-refractivity contribution in [1.29, 1.82) is 0 Å². The fourth-order valence-corrected chi connectivity index (χ4v) is 5.59. The van der Waals surface area contributed by atoms with Crippen LogP contribution in [0.1, 0.15) is 64.2 Å². The Balaban J connectivity index is 1.24. The Bertz CT molecular complexity index is 547. The lowest BCUT2D eigenvalue weighted by molar-refractivity contribution is -0.151. The summed E-state index contributed by atoms with van der Waals surface area (Å²) in [5.74, 6) is 1.64. The second-order valence-electron chi connectivity index (χ2n) is 9.32. The minimum atomic E-state index is -0.113. The Kier molecular flexibility index (Phi) is 6.56. The smallest absolute Gasteiger partial charge is 0.223 e. The van der Waals surface area contributed by atoms with Crippen LogP contribution in [0.5, 0.6) is 0 Å². The normalized spacial score (nSPS) is 28.6. The molecule has 3 aliphatic heterocycles. The summed E-state index contributed by atoms with van der Waals surface area (Å²) in [6, 6.07) is 0. The van der Waals surface area contributed by atoms with E-state index in [1.807, 2.05) is 4.90 Å². The Labute approximate surface area is 168 Å². The summed E-state index contributed by atoms with van der Waals surface area (Å²) in [6.07, 6.45) is 10.2. The standard InChI is InChI=1S/C22H36N2O4/c25-20(15-18-3-1-2-4-18)23-8-6-22(7-9-23)17-19(5-12-28-22)16-21(26)24-10-13-27-14-11-24/h18-19H,1-17H2. The zero-order chi connectivity index (χ0) is 19.4. The number of ether oxygens (including phenoxy) is 2. The summed E-state index contributed by atoms with van der Waals surface area (Å²) >= 11 is 0. The average molecular weight is 393 g/mol. The van der Waals surface area contributed by atoms with Gasteiger partial charge < -0.3 is 19.3 Å². The first kappa shape index (κ1) is 20.1. The molecule has 6 nitrogen and oxygen atoms in total. The summed E-state index contributed by atoms with van der Waals surface area (Å²) in [5, 5.41) is 0. The van der Waals surface area contributed by atoms with Gasteiger partial charge in [0.25, 0.3) is 0 Å². The van der Waals surface area contributed by atoms with Crippen LogP contribution in [0.15, 0.2) is 0 Å². The van der Waals surface area contributed by atoms with E-state index in [1.54, 1.807) is 0 Å². The van der Waals surface area contributed by atoms with Crippen molar-refractivity contribution in [2.75, 3.05) is 46.0 Å². The van der Waals surface area contributed by atoms with Crippen molar-refractivity contribution in [3.8, 4) is 0 Å². The van der Waals surface area contributed by atoms with E-state index in [1.165, 1.54) is 25.7 Å². The molecule has 0 radical (unpaired) electrons. The number of piperidine rings is 1. The van der Waals surface area contributed by atoms with Crippen LogP contribution in [0, 0.1) is 11.8 Å². The second kappa shape index (κ2) is 9.12. The zero-order valence-electron chi connectivity index (χ0n) is 17.2. The van der Waals surface area contributed by atoms with E-state index < -0.39 is 0 Å². The van der Waals surface area contributed by atoms with Crippen LogP contribution in [0.25, 0.3) is 0 Å². The van der Waals surface area contributed by atoms with Crippen LogP contribution < -0.4 is 0 Å². The molecule has 1 atom stereocenters. The molecule has 3 saturated heterocycles.